The topological polar surface area (TPSA) is 107 Å². The first-order chi connectivity index (χ1) is 12.0. The molecule has 1 aromatic heterocycles. The summed E-state index contributed by atoms with van der Waals surface area (Å²) in [6, 6.07) is 12.3. The van der Waals surface area contributed by atoms with E-state index < -0.39 is 0 Å². The van der Waals surface area contributed by atoms with Crippen molar-refractivity contribution >= 4 is 22.8 Å². The maximum atomic E-state index is 10.1. The Morgan fingerprint density at radius 2 is 0.960 bits per heavy atom. The number of hydrogen-bond acceptors (Lipinski definition) is 7. The number of fused-ring (bicyclic) bond motifs is 1. The first-order valence-corrected chi connectivity index (χ1v) is 8.07. The molecule has 6 nitrogen and oxygen atoms in total. The molecule has 124 valence electrons. The van der Waals surface area contributed by atoms with Gasteiger partial charge in [-0.15, -0.1) is 0 Å². The number of aromatic nitrogens is 2. The molecule has 0 aliphatic heterocycles. The normalized spacial score (nSPS) is 11.0. The van der Waals surface area contributed by atoms with Crippen molar-refractivity contribution in [2.45, 2.75) is 0 Å². The number of aromatic hydroxyl groups is 4. The van der Waals surface area contributed by atoms with E-state index in [1.54, 1.807) is 24.3 Å². The van der Waals surface area contributed by atoms with Crippen molar-refractivity contribution in [2.75, 3.05) is 0 Å². The molecular formula is C18H12N2O4S. The van der Waals surface area contributed by atoms with E-state index in [4.69, 9.17) is 0 Å². The summed E-state index contributed by atoms with van der Waals surface area (Å²) in [4.78, 5) is 0. The number of nitrogens with zero attached hydrogens (tertiary/aromatic N) is 2. The van der Waals surface area contributed by atoms with Gasteiger partial charge in [-0.05, 0) is 24.3 Å². The molecule has 4 aromatic rings. The molecule has 3 aromatic carbocycles. The Kier molecular flexibility index (Phi) is 3.43. The molecule has 4 N–H and O–H groups in total. The van der Waals surface area contributed by atoms with Gasteiger partial charge < -0.3 is 20.4 Å². The summed E-state index contributed by atoms with van der Waals surface area (Å²) < 4.78 is 8.64. The molecular weight excluding hydrogens is 340 g/mol. The Hall–Kier alpha value is -3.32. The van der Waals surface area contributed by atoms with Gasteiger partial charge in [0.25, 0.3) is 0 Å². The number of rotatable bonds is 2. The Morgan fingerprint density at radius 1 is 0.560 bits per heavy atom. The van der Waals surface area contributed by atoms with E-state index in [1.165, 1.54) is 24.3 Å². The lowest BCUT2D eigenvalue weighted by molar-refractivity contribution is 0.451. The quantitative estimate of drug-likeness (QED) is 0.437. The predicted octanol–water partition coefficient (Wildman–Crippen LogP) is 3.85. The molecule has 1 heterocycles. The maximum absolute atomic E-state index is 10.1. The minimum atomic E-state index is -0.0606. The Balaban J connectivity index is 1.96. The van der Waals surface area contributed by atoms with E-state index in [0.717, 1.165) is 11.7 Å². The monoisotopic (exact) mass is 352 g/mol. The zero-order chi connectivity index (χ0) is 17.6. The molecule has 0 saturated heterocycles. The van der Waals surface area contributed by atoms with Crippen LogP contribution in [0.3, 0.4) is 0 Å². The summed E-state index contributed by atoms with van der Waals surface area (Å²) >= 11 is 1.03. The minimum Gasteiger partial charge on any atom is -0.508 e. The fraction of sp³-hybridized carbons (Fsp3) is 0. The molecule has 0 spiro atoms. The molecule has 0 amide bonds. The number of phenolic OH excluding ortho intramolecular Hbond substituents is 4. The van der Waals surface area contributed by atoms with Crippen LogP contribution < -0.4 is 0 Å². The zero-order valence-electron chi connectivity index (χ0n) is 12.7. The van der Waals surface area contributed by atoms with Crippen molar-refractivity contribution in [3.8, 4) is 45.3 Å². The van der Waals surface area contributed by atoms with Gasteiger partial charge in [0.05, 0.1) is 11.7 Å². The van der Waals surface area contributed by atoms with Gasteiger partial charge in [0.2, 0.25) is 0 Å². The standard InChI is InChI=1S/C18H12N2O4S/c21-9-1-3-11(15(23)7-9)13-5-6-14(18-17(13)19-25-20-18)12-4-2-10(22)8-16(12)24/h1-8,21-24H. The predicted molar refractivity (Wildman–Crippen MR) is 94.9 cm³/mol. The molecule has 0 unspecified atom stereocenters. The van der Waals surface area contributed by atoms with E-state index >= 15 is 0 Å². The van der Waals surface area contributed by atoms with Crippen molar-refractivity contribution in [3.05, 3.63) is 48.5 Å². The fourth-order valence-corrected chi connectivity index (χ4v) is 3.37. The van der Waals surface area contributed by atoms with Crippen molar-refractivity contribution in [2.24, 2.45) is 0 Å². The van der Waals surface area contributed by atoms with Crippen molar-refractivity contribution in [1.82, 2.24) is 8.75 Å². The van der Waals surface area contributed by atoms with Gasteiger partial charge >= 0.3 is 0 Å². The van der Waals surface area contributed by atoms with E-state index in [9.17, 15) is 20.4 Å². The van der Waals surface area contributed by atoms with Crippen LogP contribution in [0.5, 0.6) is 23.0 Å². The van der Waals surface area contributed by atoms with Gasteiger partial charge in [0.15, 0.2) is 0 Å². The lowest BCUT2D eigenvalue weighted by atomic mass is 9.96. The summed E-state index contributed by atoms with van der Waals surface area (Å²) in [5.74, 6) is -0.178. The molecule has 0 atom stereocenters. The zero-order valence-corrected chi connectivity index (χ0v) is 13.5. The second kappa shape index (κ2) is 5.64. The van der Waals surface area contributed by atoms with E-state index in [-0.39, 0.29) is 23.0 Å². The van der Waals surface area contributed by atoms with E-state index in [2.05, 4.69) is 8.75 Å². The smallest absolute Gasteiger partial charge is 0.127 e. The number of phenols is 4. The van der Waals surface area contributed by atoms with Gasteiger partial charge in [0, 0.05) is 34.4 Å². The van der Waals surface area contributed by atoms with Crippen molar-refractivity contribution in [3.63, 3.8) is 0 Å². The molecule has 25 heavy (non-hydrogen) atoms. The molecule has 0 radical (unpaired) electrons. The van der Waals surface area contributed by atoms with Crippen molar-refractivity contribution in [1.29, 1.82) is 0 Å². The third-order valence-corrected chi connectivity index (χ3v) is 4.49. The van der Waals surface area contributed by atoms with Gasteiger partial charge in [-0.3, -0.25) is 0 Å². The highest BCUT2D eigenvalue weighted by atomic mass is 32.1. The average Bonchev–Trinajstić information content (AvgIpc) is 3.05. The third-order valence-electron chi connectivity index (χ3n) is 3.96. The lowest BCUT2D eigenvalue weighted by Gasteiger charge is -2.10. The van der Waals surface area contributed by atoms with Crippen LogP contribution in [-0.2, 0) is 0 Å². The second-order valence-electron chi connectivity index (χ2n) is 5.53. The summed E-state index contributed by atoms with van der Waals surface area (Å²) in [7, 11) is 0. The maximum Gasteiger partial charge on any atom is 0.127 e. The van der Waals surface area contributed by atoms with Crippen LogP contribution in [0, 0.1) is 0 Å². The number of hydrogen-bond donors (Lipinski definition) is 4. The SMILES string of the molecule is Oc1ccc(-c2ccc(-c3ccc(O)cc3O)c3nsnc23)c(O)c1. The Morgan fingerprint density at radius 3 is 1.36 bits per heavy atom. The fourth-order valence-electron chi connectivity index (χ4n) is 2.80. The van der Waals surface area contributed by atoms with Crippen LogP contribution in [0.1, 0.15) is 0 Å². The van der Waals surface area contributed by atoms with Gasteiger partial charge in [-0.1, -0.05) is 12.1 Å². The van der Waals surface area contributed by atoms with Gasteiger partial charge in [-0.25, -0.2) is 0 Å². The Labute approximate surface area is 146 Å². The van der Waals surface area contributed by atoms with Crippen LogP contribution in [0.25, 0.3) is 33.3 Å². The molecule has 0 saturated carbocycles. The van der Waals surface area contributed by atoms with Crippen molar-refractivity contribution < 1.29 is 20.4 Å². The lowest BCUT2D eigenvalue weighted by Crippen LogP contribution is -1.87. The summed E-state index contributed by atoms with van der Waals surface area (Å²) in [6.45, 7) is 0. The molecule has 0 fully saturated rings. The highest BCUT2D eigenvalue weighted by Crippen LogP contribution is 2.41. The van der Waals surface area contributed by atoms with Crippen LogP contribution in [-0.4, -0.2) is 29.2 Å². The second-order valence-corrected chi connectivity index (χ2v) is 6.05. The molecule has 0 bridgehead atoms. The van der Waals surface area contributed by atoms with Crippen LogP contribution in [0.4, 0.5) is 0 Å². The number of benzene rings is 3. The van der Waals surface area contributed by atoms with Crippen LogP contribution in [0.2, 0.25) is 0 Å². The largest absolute Gasteiger partial charge is 0.508 e. The molecule has 7 heteroatoms. The van der Waals surface area contributed by atoms with Gasteiger partial charge in [0.1, 0.15) is 34.0 Å². The summed E-state index contributed by atoms with van der Waals surface area (Å²) in [5.41, 5.74) is 3.55. The summed E-state index contributed by atoms with van der Waals surface area (Å²) in [5, 5.41) is 39.2. The highest BCUT2D eigenvalue weighted by molar-refractivity contribution is 7.00. The van der Waals surface area contributed by atoms with E-state index in [0.29, 0.717) is 33.3 Å². The molecule has 4 rings (SSSR count). The van der Waals surface area contributed by atoms with E-state index in [1.807, 2.05) is 0 Å². The Bertz CT molecular complexity index is 1020. The molecule has 0 aliphatic carbocycles. The van der Waals surface area contributed by atoms with Gasteiger partial charge in [-0.2, -0.15) is 8.75 Å². The average molecular weight is 352 g/mol. The van der Waals surface area contributed by atoms with Crippen LogP contribution >= 0.6 is 11.7 Å². The first kappa shape index (κ1) is 15.2. The first-order valence-electron chi connectivity index (χ1n) is 7.34. The summed E-state index contributed by atoms with van der Waals surface area (Å²) in [6.07, 6.45) is 0. The third kappa shape index (κ3) is 2.50. The van der Waals surface area contributed by atoms with Crippen LogP contribution in [0.15, 0.2) is 48.5 Å². The highest BCUT2D eigenvalue weighted by Gasteiger charge is 2.17. The minimum absolute atomic E-state index is 0.0282. The molecule has 0 aliphatic rings.